The zero-order valence-corrected chi connectivity index (χ0v) is 11.5. The smallest absolute Gasteiger partial charge is 0.370 e. The van der Waals surface area contributed by atoms with Gasteiger partial charge < -0.3 is 4.74 Å². The molecule has 0 unspecified atom stereocenters. The first kappa shape index (κ1) is 19.4. The maximum Gasteiger partial charge on any atom is 0.380 e. The molecule has 0 amide bonds. The quantitative estimate of drug-likeness (QED) is 0.600. The van der Waals surface area contributed by atoms with E-state index in [2.05, 4.69) is 11.3 Å². The van der Waals surface area contributed by atoms with Gasteiger partial charge in [-0.25, -0.2) is 8.78 Å². The zero-order valence-electron chi connectivity index (χ0n) is 11.5. The Morgan fingerprint density at radius 2 is 1.52 bits per heavy atom. The minimum absolute atomic E-state index is 0.301. The van der Waals surface area contributed by atoms with Crippen molar-refractivity contribution in [2.24, 2.45) is 0 Å². The largest absolute Gasteiger partial charge is 0.380 e. The van der Waals surface area contributed by atoms with Crippen molar-refractivity contribution < 1.29 is 39.9 Å². The lowest BCUT2D eigenvalue weighted by molar-refractivity contribution is -0.346. The van der Waals surface area contributed by atoms with E-state index >= 15 is 0 Å². The van der Waals surface area contributed by atoms with E-state index in [9.17, 15) is 35.1 Å². The van der Waals surface area contributed by atoms with Crippen LogP contribution >= 0.6 is 0 Å². The van der Waals surface area contributed by atoms with Gasteiger partial charge in [0.15, 0.2) is 0 Å². The summed E-state index contributed by atoms with van der Waals surface area (Å²) in [6.07, 6.45) is -3.44. The topological polar surface area (TPSA) is 9.23 Å². The average molecular weight is 348 g/mol. The van der Waals surface area contributed by atoms with Gasteiger partial charge in [0.1, 0.15) is 6.61 Å². The van der Waals surface area contributed by atoms with Crippen molar-refractivity contribution in [2.45, 2.75) is 30.8 Å². The van der Waals surface area contributed by atoms with Crippen molar-refractivity contribution in [3.63, 3.8) is 0 Å². The van der Waals surface area contributed by atoms with Crippen LogP contribution in [0.15, 0.2) is 30.8 Å². The molecule has 23 heavy (non-hydrogen) atoms. The summed E-state index contributed by atoms with van der Waals surface area (Å²) >= 11 is 0. The fraction of sp³-hybridized carbons (Fsp3) is 0.429. The van der Waals surface area contributed by atoms with Gasteiger partial charge in [-0.1, -0.05) is 36.9 Å². The van der Waals surface area contributed by atoms with Crippen LogP contribution in [0, 0.1) is 0 Å². The molecule has 0 aliphatic heterocycles. The second-order valence-electron chi connectivity index (χ2n) is 4.64. The lowest BCUT2D eigenvalue weighted by Crippen LogP contribution is -2.59. The maximum absolute atomic E-state index is 13.2. The molecule has 0 saturated heterocycles. The second kappa shape index (κ2) is 6.86. The highest BCUT2D eigenvalue weighted by molar-refractivity contribution is 5.47. The molecule has 0 saturated carbocycles. The van der Waals surface area contributed by atoms with Crippen LogP contribution in [-0.2, 0) is 11.3 Å². The van der Waals surface area contributed by atoms with E-state index < -0.39 is 37.4 Å². The lowest BCUT2D eigenvalue weighted by Gasteiger charge is -2.32. The van der Waals surface area contributed by atoms with Crippen molar-refractivity contribution in [1.82, 2.24) is 0 Å². The molecule has 1 nitrogen and oxygen atoms in total. The maximum atomic E-state index is 13.2. The van der Waals surface area contributed by atoms with Crippen LogP contribution in [-0.4, -0.2) is 30.8 Å². The summed E-state index contributed by atoms with van der Waals surface area (Å²) < 4.78 is 106. The molecule has 1 aromatic rings. The van der Waals surface area contributed by atoms with Gasteiger partial charge in [-0.05, 0) is 11.1 Å². The van der Waals surface area contributed by atoms with Crippen LogP contribution in [0.25, 0.3) is 6.08 Å². The molecule has 0 spiro atoms. The van der Waals surface area contributed by atoms with Crippen LogP contribution in [0.4, 0.5) is 35.1 Å². The Labute approximate surface area is 126 Å². The third-order valence-electron chi connectivity index (χ3n) is 2.92. The van der Waals surface area contributed by atoms with Gasteiger partial charge in [0, 0.05) is 0 Å². The first-order chi connectivity index (χ1) is 10.5. The zero-order chi connectivity index (χ0) is 17.9. The van der Waals surface area contributed by atoms with Crippen LogP contribution in [0.2, 0.25) is 0 Å². The Kier molecular flexibility index (Phi) is 5.79. The molecule has 0 fully saturated rings. The van der Waals surface area contributed by atoms with Crippen molar-refractivity contribution >= 4 is 6.08 Å². The summed E-state index contributed by atoms with van der Waals surface area (Å²) in [5, 5.41) is 0. The third-order valence-corrected chi connectivity index (χ3v) is 2.92. The molecule has 1 aromatic carbocycles. The summed E-state index contributed by atoms with van der Waals surface area (Å²) in [6.45, 7) is 0.760. The third kappa shape index (κ3) is 4.01. The first-order valence-corrected chi connectivity index (χ1v) is 6.16. The van der Waals surface area contributed by atoms with E-state index in [0.717, 1.165) is 0 Å². The van der Waals surface area contributed by atoms with E-state index in [-0.39, 0.29) is 0 Å². The predicted molar refractivity (Wildman–Crippen MR) is 67.0 cm³/mol. The number of hydrogen-bond donors (Lipinski definition) is 0. The molecule has 0 aliphatic carbocycles. The minimum Gasteiger partial charge on any atom is -0.370 e. The van der Waals surface area contributed by atoms with Gasteiger partial charge in [-0.3, -0.25) is 0 Å². The molecule has 0 bridgehead atoms. The van der Waals surface area contributed by atoms with Gasteiger partial charge in [0.2, 0.25) is 0 Å². The highest BCUT2D eigenvalue weighted by Gasteiger charge is 2.75. The van der Waals surface area contributed by atoms with Crippen LogP contribution < -0.4 is 0 Å². The van der Waals surface area contributed by atoms with E-state index in [4.69, 9.17) is 0 Å². The summed E-state index contributed by atoms with van der Waals surface area (Å²) in [6, 6.07) is 5.90. The number of halogens is 8. The predicted octanol–water partition coefficient (Wildman–Crippen LogP) is 5.02. The Bertz CT molecular complexity index is 524. The molecule has 0 atom stereocenters. The van der Waals surface area contributed by atoms with E-state index in [1.54, 1.807) is 0 Å². The average Bonchev–Trinajstić information content (AvgIpc) is 2.47. The van der Waals surface area contributed by atoms with E-state index in [1.807, 2.05) is 0 Å². The van der Waals surface area contributed by atoms with Crippen LogP contribution in [0.1, 0.15) is 11.1 Å². The van der Waals surface area contributed by atoms with Gasteiger partial charge in [-0.15, -0.1) is 0 Å². The SMILES string of the molecule is C=Cc1ccc(COCC(F)(F)C(F)(F)C(F)(F)C(F)F)cc1. The Balaban J connectivity index is 2.72. The van der Waals surface area contributed by atoms with Crippen molar-refractivity contribution in [1.29, 1.82) is 0 Å². The monoisotopic (exact) mass is 348 g/mol. The van der Waals surface area contributed by atoms with Crippen LogP contribution in [0.5, 0.6) is 0 Å². The van der Waals surface area contributed by atoms with Gasteiger partial charge >= 0.3 is 24.2 Å². The fourth-order valence-corrected chi connectivity index (χ4v) is 1.52. The molecule has 1 rings (SSSR count). The molecule has 0 aliphatic rings. The highest BCUT2D eigenvalue weighted by Crippen LogP contribution is 2.48. The van der Waals surface area contributed by atoms with Crippen molar-refractivity contribution in [2.75, 3.05) is 6.61 Å². The number of rotatable bonds is 8. The molecule has 9 heteroatoms. The van der Waals surface area contributed by atoms with Gasteiger partial charge in [0.05, 0.1) is 6.61 Å². The number of benzene rings is 1. The highest BCUT2D eigenvalue weighted by atomic mass is 19.4. The van der Waals surface area contributed by atoms with E-state index in [1.165, 1.54) is 30.3 Å². The standard InChI is InChI=1S/C14H12F8O/c1-2-9-3-5-10(6-4-9)7-23-8-12(17,18)14(21,22)13(19,20)11(15)16/h2-6,11H,1,7-8H2. The van der Waals surface area contributed by atoms with Gasteiger partial charge in [0.25, 0.3) is 0 Å². The van der Waals surface area contributed by atoms with Gasteiger partial charge in [-0.2, -0.15) is 26.3 Å². The Morgan fingerprint density at radius 1 is 1.00 bits per heavy atom. The van der Waals surface area contributed by atoms with Crippen molar-refractivity contribution in [3.8, 4) is 0 Å². The molecular formula is C14H12F8O. The molecule has 0 heterocycles. The molecule has 0 radical (unpaired) electrons. The summed E-state index contributed by atoms with van der Waals surface area (Å²) in [4.78, 5) is 0. The number of alkyl halides is 8. The molecular weight excluding hydrogens is 336 g/mol. The second-order valence-corrected chi connectivity index (χ2v) is 4.64. The Hall–Kier alpha value is -1.64. The fourth-order valence-electron chi connectivity index (χ4n) is 1.52. The number of hydrogen-bond acceptors (Lipinski definition) is 1. The van der Waals surface area contributed by atoms with E-state index in [0.29, 0.717) is 11.1 Å². The summed E-state index contributed by atoms with van der Waals surface area (Å²) in [5.74, 6) is -17.9. The summed E-state index contributed by atoms with van der Waals surface area (Å²) in [5.41, 5.74) is 0.998. The minimum atomic E-state index is -6.25. The normalized spacial score (nSPS) is 13.4. The summed E-state index contributed by atoms with van der Waals surface area (Å²) in [7, 11) is 0. The number of ether oxygens (including phenoxy) is 1. The molecule has 0 N–H and O–H groups in total. The van der Waals surface area contributed by atoms with Crippen molar-refractivity contribution in [3.05, 3.63) is 42.0 Å². The van der Waals surface area contributed by atoms with Crippen LogP contribution in [0.3, 0.4) is 0 Å². The molecule has 0 aromatic heterocycles. The molecule has 130 valence electrons. The lowest BCUT2D eigenvalue weighted by atomic mass is 10.1. The first-order valence-electron chi connectivity index (χ1n) is 6.16. The Morgan fingerprint density at radius 3 is 1.96 bits per heavy atom.